The molecule has 2 aromatic carbocycles. The van der Waals surface area contributed by atoms with Crippen LogP contribution >= 0.6 is 11.8 Å². The molecule has 0 saturated carbocycles. The Morgan fingerprint density at radius 1 is 1.20 bits per heavy atom. The topological polar surface area (TPSA) is 139 Å². The number of thioether (sulfide) groups is 1. The van der Waals surface area contributed by atoms with Gasteiger partial charge in [0.1, 0.15) is 5.25 Å². The number of aliphatic carboxylic acids is 1. The number of ether oxygens (including phenoxy) is 2. The van der Waals surface area contributed by atoms with Gasteiger partial charge in [-0.15, -0.1) is 5.10 Å². The van der Waals surface area contributed by atoms with Gasteiger partial charge in [0, 0.05) is 0 Å². The van der Waals surface area contributed by atoms with Crippen LogP contribution in [-0.4, -0.2) is 52.7 Å². The summed E-state index contributed by atoms with van der Waals surface area (Å²) in [7, 11) is 0. The predicted octanol–water partition coefficient (Wildman–Crippen LogP) is 2.74. The number of carbonyl (C=O) groups excluding carboxylic acids is 2. The number of benzene rings is 2. The highest BCUT2D eigenvalue weighted by atomic mass is 32.2. The fraction of sp³-hybridized carbons (Fsp3) is 0.292. The standard InChI is InChI=1S/C24H26N4O6S/c1-3-33-19-11-16(13-25-28-24-27-23(32)20(35-24)12-22(30)31)9-10-18(19)34-14-21(29)26-15(2)17-7-5-4-6-8-17/h4-11,13,15,20H,3,12,14H2,1-2H3,(H,26,29)(H,30,31)(H,27,28,32). The number of hydrogen-bond donors (Lipinski definition) is 3. The Balaban J connectivity index is 1.58. The molecule has 3 N–H and O–H groups in total. The van der Waals surface area contributed by atoms with E-state index in [1.54, 1.807) is 18.2 Å². The number of amidine groups is 1. The van der Waals surface area contributed by atoms with E-state index < -0.39 is 17.1 Å². The van der Waals surface area contributed by atoms with Gasteiger partial charge in [0.15, 0.2) is 23.3 Å². The monoisotopic (exact) mass is 498 g/mol. The van der Waals surface area contributed by atoms with Crippen molar-refractivity contribution >= 4 is 40.9 Å². The molecule has 1 aliphatic heterocycles. The molecular weight excluding hydrogens is 472 g/mol. The molecule has 1 heterocycles. The molecule has 0 aliphatic carbocycles. The lowest BCUT2D eigenvalue weighted by Crippen LogP contribution is -2.31. The van der Waals surface area contributed by atoms with Crippen LogP contribution in [-0.2, 0) is 14.4 Å². The van der Waals surface area contributed by atoms with Gasteiger partial charge < -0.3 is 25.2 Å². The van der Waals surface area contributed by atoms with Gasteiger partial charge >= 0.3 is 5.97 Å². The van der Waals surface area contributed by atoms with E-state index in [9.17, 15) is 14.4 Å². The van der Waals surface area contributed by atoms with Crippen LogP contribution in [0.3, 0.4) is 0 Å². The van der Waals surface area contributed by atoms with Crippen LogP contribution in [0.2, 0.25) is 0 Å². The summed E-state index contributed by atoms with van der Waals surface area (Å²) in [6.07, 6.45) is 1.17. The van der Waals surface area contributed by atoms with Crippen molar-refractivity contribution in [2.24, 2.45) is 10.2 Å². The SMILES string of the molecule is CCOc1cc(C=NN=C2NC(=O)C(CC(=O)O)S2)ccc1OCC(=O)NC(C)c1ccccc1. The number of rotatable bonds is 11. The molecular formula is C24H26N4O6S. The van der Waals surface area contributed by atoms with E-state index in [2.05, 4.69) is 20.8 Å². The van der Waals surface area contributed by atoms with E-state index in [-0.39, 0.29) is 30.1 Å². The van der Waals surface area contributed by atoms with Crippen LogP contribution < -0.4 is 20.1 Å². The number of carboxylic acid groups (broad SMARTS) is 1. The lowest BCUT2D eigenvalue weighted by atomic mass is 10.1. The van der Waals surface area contributed by atoms with E-state index in [4.69, 9.17) is 14.6 Å². The Hall–Kier alpha value is -3.86. The molecule has 10 nitrogen and oxygen atoms in total. The van der Waals surface area contributed by atoms with Crippen LogP contribution in [0.25, 0.3) is 0 Å². The van der Waals surface area contributed by atoms with Gasteiger partial charge in [0.2, 0.25) is 5.91 Å². The molecule has 0 aromatic heterocycles. The summed E-state index contributed by atoms with van der Waals surface area (Å²) < 4.78 is 11.3. The van der Waals surface area contributed by atoms with Crippen LogP contribution in [0.1, 0.15) is 37.4 Å². The van der Waals surface area contributed by atoms with Crippen LogP contribution in [0, 0.1) is 0 Å². The maximum atomic E-state index is 12.3. The number of nitrogens with one attached hydrogen (secondary N) is 2. The molecule has 0 spiro atoms. The Labute approximate surface area is 206 Å². The first-order valence-electron chi connectivity index (χ1n) is 10.9. The van der Waals surface area contributed by atoms with Gasteiger partial charge in [-0.2, -0.15) is 5.10 Å². The van der Waals surface area contributed by atoms with Crippen molar-refractivity contribution < 1.29 is 29.0 Å². The summed E-state index contributed by atoms with van der Waals surface area (Å²) in [5.74, 6) is -0.876. The summed E-state index contributed by atoms with van der Waals surface area (Å²) in [6, 6.07) is 14.6. The molecule has 1 saturated heterocycles. The summed E-state index contributed by atoms with van der Waals surface area (Å²) in [4.78, 5) is 34.9. The molecule has 0 radical (unpaired) electrons. The molecule has 11 heteroatoms. The maximum Gasteiger partial charge on any atom is 0.305 e. The molecule has 0 bridgehead atoms. The van der Waals surface area contributed by atoms with Crippen molar-refractivity contribution in [1.82, 2.24) is 10.6 Å². The fourth-order valence-electron chi connectivity index (χ4n) is 3.14. The van der Waals surface area contributed by atoms with Crippen molar-refractivity contribution in [2.75, 3.05) is 13.2 Å². The highest BCUT2D eigenvalue weighted by Gasteiger charge is 2.32. The van der Waals surface area contributed by atoms with Gasteiger partial charge in [-0.25, -0.2) is 0 Å². The molecule has 1 aliphatic rings. The third-order valence-corrected chi connectivity index (χ3v) is 5.87. The van der Waals surface area contributed by atoms with E-state index >= 15 is 0 Å². The summed E-state index contributed by atoms with van der Waals surface area (Å²) >= 11 is 1.02. The number of amides is 2. The van der Waals surface area contributed by atoms with Crippen molar-refractivity contribution in [3.63, 3.8) is 0 Å². The fourth-order valence-corrected chi connectivity index (χ4v) is 4.05. The quantitative estimate of drug-likeness (QED) is 0.320. The molecule has 2 atom stereocenters. The maximum absolute atomic E-state index is 12.3. The Kier molecular flexibility index (Phi) is 9.24. The Morgan fingerprint density at radius 2 is 1.97 bits per heavy atom. The minimum atomic E-state index is -1.06. The zero-order valence-electron chi connectivity index (χ0n) is 19.3. The Bertz CT molecular complexity index is 1120. The average molecular weight is 499 g/mol. The third-order valence-electron chi connectivity index (χ3n) is 4.80. The molecule has 2 amide bonds. The number of nitrogens with zero attached hydrogens (tertiary/aromatic N) is 2. The Morgan fingerprint density at radius 3 is 2.69 bits per heavy atom. The van der Waals surface area contributed by atoms with Crippen molar-refractivity contribution in [1.29, 1.82) is 0 Å². The van der Waals surface area contributed by atoms with E-state index in [0.717, 1.165) is 17.3 Å². The second-order valence-corrected chi connectivity index (χ2v) is 8.66. The van der Waals surface area contributed by atoms with Crippen molar-refractivity contribution in [3.8, 4) is 11.5 Å². The third kappa shape index (κ3) is 7.85. The molecule has 35 heavy (non-hydrogen) atoms. The highest BCUT2D eigenvalue weighted by Crippen LogP contribution is 2.28. The second kappa shape index (κ2) is 12.6. The number of carboxylic acids is 1. The minimum absolute atomic E-state index is 0.152. The molecule has 3 rings (SSSR count). The first-order valence-corrected chi connectivity index (χ1v) is 11.8. The molecule has 184 valence electrons. The van der Waals surface area contributed by atoms with Crippen LogP contribution in [0.15, 0.2) is 58.7 Å². The van der Waals surface area contributed by atoms with E-state index in [0.29, 0.717) is 23.7 Å². The van der Waals surface area contributed by atoms with E-state index in [1.165, 1.54) is 6.21 Å². The van der Waals surface area contributed by atoms with Gasteiger partial charge in [0.05, 0.1) is 25.3 Å². The first kappa shape index (κ1) is 25.8. The predicted molar refractivity (Wildman–Crippen MR) is 133 cm³/mol. The van der Waals surface area contributed by atoms with Gasteiger partial charge in [0.25, 0.3) is 5.91 Å². The summed E-state index contributed by atoms with van der Waals surface area (Å²) in [6.45, 7) is 3.95. The first-order chi connectivity index (χ1) is 16.9. The van der Waals surface area contributed by atoms with Gasteiger partial charge in [-0.1, -0.05) is 42.1 Å². The molecule has 2 unspecified atom stereocenters. The van der Waals surface area contributed by atoms with Gasteiger partial charge in [-0.3, -0.25) is 14.4 Å². The smallest absolute Gasteiger partial charge is 0.305 e. The summed E-state index contributed by atoms with van der Waals surface area (Å²) in [5, 5.41) is 21.6. The molecule has 1 fully saturated rings. The van der Waals surface area contributed by atoms with E-state index in [1.807, 2.05) is 44.2 Å². The lowest BCUT2D eigenvalue weighted by molar-refractivity contribution is -0.138. The highest BCUT2D eigenvalue weighted by molar-refractivity contribution is 8.15. The largest absolute Gasteiger partial charge is 0.490 e. The summed E-state index contributed by atoms with van der Waals surface area (Å²) in [5.41, 5.74) is 1.65. The number of hydrogen-bond acceptors (Lipinski definition) is 8. The van der Waals surface area contributed by atoms with Crippen LogP contribution in [0.5, 0.6) is 11.5 Å². The zero-order chi connectivity index (χ0) is 25.2. The van der Waals surface area contributed by atoms with Crippen molar-refractivity contribution in [2.45, 2.75) is 31.6 Å². The average Bonchev–Trinajstić information content (AvgIpc) is 3.17. The second-order valence-electron chi connectivity index (χ2n) is 7.47. The van der Waals surface area contributed by atoms with Crippen LogP contribution in [0.4, 0.5) is 0 Å². The number of carbonyl (C=O) groups is 3. The normalized spacial score (nSPS) is 17.3. The zero-order valence-corrected chi connectivity index (χ0v) is 20.1. The van der Waals surface area contributed by atoms with Crippen molar-refractivity contribution in [3.05, 3.63) is 59.7 Å². The lowest BCUT2D eigenvalue weighted by Gasteiger charge is -2.16. The minimum Gasteiger partial charge on any atom is -0.490 e. The van der Waals surface area contributed by atoms with Gasteiger partial charge in [-0.05, 0) is 43.2 Å². The molecule has 2 aromatic rings.